The molecule has 0 aliphatic heterocycles. The first kappa shape index (κ1) is 15.1. The zero-order chi connectivity index (χ0) is 15.2. The van der Waals surface area contributed by atoms with Gasteiger partial charge >= 0.3 is 0 Å². The molecule has 22 heavy (non-hydrogen) atoms. The predicted octanol–water partition coefficient (Wildman–Crippen LogP) is 4.89. The lowest BCUT2D eigenvalue weighted by Gasteiger charge is -2.03. The summed E-state index contributed by atoms with van der Waals surface area (Å²) in [6.07, 6.45) is 1.68. The Bertz CT molecular complexity index is 695. The summed E-state index contributed by atoms with van der Waals surface area (Å²) in [6, 6.07) is 9.85. The molecule has 0 aliphatic carbocycles. The fourth-order valence-corrected chi connectivity index (χ4v) is 3.44. The van der Waals surface area contributed by atoms with Gasteiger partial charge in [-0.25, -0.2) is 9.37 Å². The maximum absolute atomic E-state index is 12.8. The SMILES string of the molecule is Fc1ccc(OCc2nc(CSCc3ccco3)cs2)cc1. The maximum Gasteiger partial charge on any atom is 0.140 e. The van der Waals surface area contributed by atoms with Crippen LogP contribution < -0.4 is 4.74 Å². The molecule has 0 bridgehead atoms. The van der Waals surface area contributed by atoms with Crippen molar-refractivity contribution in [1.82, 2.24) is 4.98 Å². The minimum atomic E-state index is -0.266. The zero-order valence-corrected chi connectivity index (χ0v) is 13.3. The lowest BCUT2D eigenvalue weighted by atomic mass is 10.3. The summed E-state index contributed by atoms with van der Waals surface area (Å²) in [5.74, 6) is 3.03. The number of thiazole rings is 1. The van der Waals surface area contributed by atoms with Crippen molar-refractivity contribution in [3.05, 3.63) is 70.3 Å². The van der Waals surface area contributed by atoms with Crippen molar-refractivity contribution >= 4 is 23.1 Å². The highest BCUT2D eigenvalue weighted by Gasteiger charge is 2.04. The van der Waals surface area contributed by atoms with Gasteiger partial charge in [0.2, 0.25) is 0 Å². The largest absolute Gasteiger partial charge is 0.486 e. The van der Waals surface area contributed by atoms with Crippen molar-refractivity contribution in [3.63, 3.8) is 0 Å². The molecule has 3 nitrogen and oxygen atoms in total. The highest BCUT2D eigenvalue weighted by molar-refractivity contribution is 7.97. The van der Waals surface area contributed by atoms with E-state index < -0.39 is 0 Å². The number of benzene rings is 1. The molecule has 0 spiro atoms. The molecular weight excluding hydrogens is 321 g/mol. The Morgan fingerprint density at radius 3 is 2.82 bits per heavy atom. The first-order chi connectivity index (χ1) is 10.8. The first-order valence-corrected chi connectivity index (χ1v) is 8.75. The van der Waals surface area contributed by atoms with Gasteiger partial charge in [-0.1, -0.05) is 0 Å². The normalized spacial score (nSPS) is 10.8. The molecule has 0 N–H and O–H groups in total. The van der Waals surface area contributed by atoms with Crippen molar-refractivity contribution in [2.75, 3.05) is 0 Å². The summed E-state index contributed by atoms with van der Waals surface area (Å²) in [6.45, 7) is 0.402. The maximum atomic E-state index is 12.8. The number of aromatic nitrogens is 1. The van der Waals surface area contributed by atoms with Crippen molar-refractivity contribution in [1.29, 1.82) is 0 Å². The van der Waals surface area contributed by atoms with Crippen LogP contribution in [0.1, 0.15) is 16.5 Å². The molecule has 0 atom stereocenters. The van der Waals surface area contributed by atoms with E-state index in [1.165, 1.54) is 12.1 Å². The number of furan rings is 1. The van der Waals surface area contributed by atoms with Crippen LogP contribution in [-0.4, -0.2) is 4.98 Å². The molecule has 0 fully saturated rings. The van der Waals surface area contributed by atoms with Gasteiger partial charge in [0.15, 0.2) is 0 Å². The first-order valence-electron chi connectivity index (χ1n) is 6.71. The van der Waals surface area contributed by atoms with Gasteiger partial charge in [-0.3, -0.25) is 0 Å². The third-order valence-electron chi connectivity index (χ3n) is 2.85. The smallest absolute Gasteiger partial charge is 0.140 e. The molecule has 114 valence electrons. The molecular formula is C16H14FNO2S2. The molecule has 2 heterocycles. The van der Waals surface area contributed by atoms with Crippen LogP contribution in [0.25, 0.3) is 0 Å². The quantitative estimate of drug-likeness (QED) is 0.616. The van der Waals surface area contributed by atoms with Crippen LogP contribution in [0.5, 0.6) is 5.75 Å². The topological polar surface area (TPSA) is 35.3 Å². The van der Waals surface area contributed by atoms with Crippen LogP contribution in [0, 0.1) is 5.82 Å². The molecule has 1 aromatic carbocycles. The second kappa shape index (κ2) is 7.47. The van der Waals surface area contributed by atoms with Crippen LogP contribution in [0.3, 0.4) is 0 Å². The molecule has 0 saturated carbocycles. The number of nitrogens with zero attached hydrogens (tertiary/aromatic N) is 1. The summed E-state index contributed by atoms with van der Waals surface area (Å²) in [4.78, 5) is 4.53. The van der Waals surface area contributed by atoms with E-state index in [2.05, 4.69) is 4.98 Å². The Morgan fingerprint density at radius 2 is 2.05 bits per heavy atom. The van der Waals surface area contributed by atoms with Crippen LogP contribution >= 0.6 is 23.1 Å². The van der Waals surface area contributed by atoms with E-state index >= 15 is 0 Å². The minimum Gasteiger partial charge on any atom is -0.486 e. The van der Waals surface area contributed by atoms with Gasteiger partial charge in [0, 0.05) is 11.1 Å². The van der Waals surface area contributed by atoms with Crippen LogP contribution in [0.15, 0.2) is 52.5 Å². The van der Waals surface area contributed by atoms with Crippen LogP contribution in [0.2, 0.25) is 0 Å². The number of rotatable bonds is 7. The van der Waals surface area contributed by atoms with Crippen molar-refractivity contribution in [3.8, 4) is 5.75 Å². The van der Waals surface area contributed by atoms with Gasteiger partial charge in [-0.2, -0.15) is 0 Å². The average Bonchev–Trinajstić information content (AvgIpc) is 3.19. The number of ether oxygens (including phenoxy) is 1. The Hall–Kier alpha value is -1.79. The van der Waals surface area contributed by atoms with E-state index in [0.29, 0.717) is 12.4 Å². The van der Waals surface area contributed by atoms with Crippen molar-refractivity contribution in [2.24, 2.45) is 0 Å². The van der Waals surface area contributed by atoms with E-state index in [-0.39, 0.29) is 5.82 Å². The van der Waals surface area contributed by atoms with Crippen LogP contribution in [-0.2, 0) is 18.1 Å². The van der Waals surface area contributed by atoms with E-state index in [1.807, 2.05) is 17.5 Å². The van der Waals surface area contributed by atoms with E-state index in [1.54, 1.807) is 41.5 Å². The Balaban J connectivity index is 1.45. The lowest BCUT2D eigenvalue weighted by Crippen LogP contribution is -1.95. The molecule has 0 saturated heterocycles. The molecule has 0 unspecified atom stereocenters. The number of halogens is 1. The molecule has 6 heteroatoms. The van der Waals surface area contributed by atoms with Crippen molar-refractivity contribution in [2.45, 2.75) is 18.1 Å². The summed E-state index contributed by atoms with van der Waals surface area (Å²) in [7, 11) is 0. The average molecular weight is 335 g/mol. The summed E-state index contributed by atoms with van der Waals surface area (Å²) in [5, 5.41) is 2.95. The fraction of sp³-hybridized carbons (Fsp3) is 0.188. The predicted molar refractivity (Wildman–Crippen MR) is 86.6 cm³/mol. The van der Waals surface area contributed by atoms with Gasteiger partial charge < -0.3 is 9.15 Å². The van der Waals surface area contributed by atoms with E-state index in [0.717, 1.165) is 28.0 Å². The van der Waals surface area contributed by atoms with Crippen molar-refractivity contribution < 1.29 is 13.5 Å². The molecule has 3 aromatic rings. The second-order valence-electron chi connectivity index (χ2n) is 4.55. The van der Waals surface area contributed by atoms with Gasteiger partial charge in [-0.05, 0) is 36.4 Å². The third-order valence-corrected chi connectivity index (χ3v) is 4.71. The van der Waals surface area contributed by atoms with Gasteiger partial charge in [0.1, 0.15) is 28.9 Å². The monoisotopic (exact) mass is 335 g/mol. The summed E-state index contributed by atoms with van der Waals surface area (Å²) < 4.78 is 23.7. The molecule has 2 aromatic heterocycles. The van der Waals surface area contributed by atoms with Gasteiger partial charge in [-0.15, -0.1) is 23.1 Å². The molecule has 0 radical (unpaired) electrons. The van der Waals surface area contributed by atoms with Gasteiger partial charge in [0.25, 0.3) is 0 Å². The summed E-state index contributed by atoms with van der Waals surface area (Å²) >= 11 is 3.33. The standard InChI is InChI=1S/C16H14FNO2S2/c17-12-3-5-14(6-4-12)20-8-16-18-13(10-22-16)9-21-11-15-2-1-7-19-15/h1-7,10H,8-9,11H2. The van der Waals surface area contributed by atoms with E-state index in [9.17, 15) is 4.39 Å². The second-order valence-corrected chi connectivity index (χ2v) is 6.48. The Morgan fingerprint density at radius 1 is 1.18 bits per heavy atom. The highest BCUT2D eigenvalue weighted by atomic mass is 32.2. The fourth-order valence-electron chi connectivity index (χ4n) is 1.81. The summed E-state index contributed by atoms with van der Waals surface area (Å²) in [5.41, 5.74) is 1.04. The zero-order valence-electron chi connectivity index (χ0n) is 11.7. The number of hydrogen-bond donors (Lipinski definition) is 0. The van der Waals surface area contributed by atoms with Gasteiger partial charge in [0.05, 0.1) is 17.7 Å². The Kier molecular flexibility index (Phi) is 5.13. The lowest BCUT2D eigenvalue weighted by molar-refractivity contribution is 0.305. The van der Waals surface area contributed by atoms with Crippen LogP contribution in [0.4, 0.5) is 4.39 Å². The highest BCUT2D eigenvalue weighted by Crippen LogP contribution is 2.21. The molecule has 0 amide bonds. The third kappa shape index (κ3) is 4.35. The number of hydrogen-bond acceptors (Lipinski definition) is 5. The molecule has 3 rings (SSSR count). The minimum absolute atomic E-state index is 0.266. The van der Waals surface area contributed by atoms with E-state index in [4.69, 9.17) is 9.15 Å². The Labute approximate surface area is 136 Å². The molecule has 0 aliphatic rings. The number of thioether (sulfide) groups is 1.